The quantitative estimate of drug-likeness (QED) is 0.762. The standard InChI is InChI=1S/C15H23N3O3S/c16-11-15(7-2-1-3-8-15)10-14(19)18-12-5-4-6-13(9-12)22(17,20)21/h4-6,9H,1-3,7-8,10-11,16H2,(H,18,19)(H2,17,20,21). The number of hydrogen-bond donors (Lipinski definition) is 3. The molecule has 6 nitrogen and oxygen atoms in total. The number of sulfonamides is 1. The predicted molar refractivity (Wildman–Crippen MR) is 85.6 cm³/mol. The van der Waals surface area contributed by atoms with Crippen LogP contribution in [0.3, 0.4) is 0 Å². The molecule has 5 N–H and O–H groups in total. The molecular formula is C15H23N3O3S. The Morgan fingerprint density at radius 3 is 2.50 bits per heavy atom. The summed E-state index contributed by atoms with van der Waals surface area (Å²) in [6, 6.07) is 5.95. The second kappa shape index (κ2) is 6.76. The van der Waals surface area contributed by atoms with Gasteiger partial charge in [0.1, 0.15) is 0 Å². The largest absolute Gasteiger partial charge is 0.330 e. The van der Waals surface area contributed by atoms with Gasteiger partial charge in [-0.05, 0) is 43.0 Å². The lowest BCUT2D eigenvalue weighted by Gasteiger charge is -2.35. The highest BCUT2D eigenvalue weighted by molar-refractivity contribution is 7.89. The molecule has 1 amide bonds. The third kappa shape index (κ3) is 4.28. The van der Waals surface area contributed by atoms with Gasteiger partial charge in [0.05, 0.1) is 4.90 Å². The van der Waals surface area contributed by atoms with Gasteiger partial charge in [-0.25, -0.2) is 13.6 Å². The van der Waals surface area contributed by atoms with Crippen LogP contribution in [0.25, 0.3) is 0 Å². The monoisotopic (exact) mass is 325 g/mol. The van der Waals surface area contributed by atoms with Crippen LogP contribution in [-0.2, 0) is 14.8 Å². The predicted octanol–water partition coefficient (Wildman–Crippen LogP) is 1.57. The Morgan fingerprint density at radius 2 is 1.91 bits per heavy atom. The van der Waals surface area contributed by atoms with E-state index >= 15 is 0 Å². The third-order valence-corrected chi connectivity index (χ3v) is 5.24. The van der Waals surface area contributed by atoms with Gasteiger partial charge in [-0.15, -0.1) is 0 Å². The third-order valence-electron chi connectivity index (χ3n) is 4.33. The smallest absolute Gasteiger partial charge is 0.238 e. The molecule has 1 aliphatic rings. The normalized spacial score (nSPS) is 17.9. The molecule has 0 saturated heterocycles. The molecular weight excluding hydrogens is 302 g/mol. The molecule has 1 saturated carbocycles. The van der Waals surface area contributed by atoms with E-state index in [4.69, 9.17) is 10.9 Å². The van der Waals surface area contributed by atoms with E-state index < -0.39 is 10.0 Å². The van der Waals surface area contributed by atoms with Gasteiger partial charge in [-0.1, -0.05) is 25.3 Å². The van der Waals surface area contributed by atoms with Crippen molar-refractivity contribution in [3.05, 3.63) is 24.3 Å². The van der Waals surface area contributed by atoms with E-state index in [1.165, 1.54) is 18.6 Å². The van der Waals surface area contributed by atoms with Crippen LogP contribution in [0, 0.1) is 5.41 Å². The number of benzene rings is 1. The van der Waals surface area contributed by atoms with Crippen molar-refractivity contribution in [2.45, 2.75) is 43.4 Å². The number of carbonyl (C=O) groups excluding carboxylic acids is 1. The van der Waals surface area contributed by atoms with Gasteiger partial charge < -0.3 is 11.1 Å². The lowest BCUT2D eigenvalue weighted by molar-refractivity contribution is -0.118. The van der Waals surface area contributed by atoms with Crippen LogP contribution in [0.15, 0.2) is 29.2 Å². The summed E-state index contributed by atoms with van der Waals surface area (Å²) in [6.45, 7) is 0.498. The van der Waals surface area contributed by atoms with E-state index in [2.05, 4.69) is 5.32 Å². The first kappa shape index (κ1) is 16.9. The van der Waals surface area contributed by atoms with Crippen molar-refractivity contribution in [2.75, 3.05) is 11.9 Å². The molecule has 0 atom stereocenters. The maximum Gasteiger partial charge on any atom is 0.238 e. The van der Waals surface area contributed by atoms with Gasteiger partial charge in [0.25, 0.3) is 0 Å². The molecule has 0 bridgehead atoms. The molecule has 0 spiro atoms. The highest BCUT2D eigenvalue weighted by atomic mass is 32.2. The highest BCUT2D eigenvalue weighted by Crippen LogP contribution is 2.38. The summed E-state index contributed by atoms with van der Waals surface area (Å²) in [5.41, 5.74) is 6.19. The minimum Gasteiger partial charge on any atom is -0.330 e. The van der Waals surface area contributed by atoms with Gasteiger partial charge in [0.2, 0.25) is 15.9 Å². The Hall–Kier alpha value is -1.44. The van der Waals surface area contributed by atoms with E-state index in [0.717, 1.165) is 25.7 Å². The lowest BCUT2D eigenvalue weighted by Crippen LogP contribution is -2.36. The van der Waals surface area contributed by atoms with Crippen molar-refractivity contribution in [2.24, 2.45) is 16.3 Å². The average Bonchev–Trinajstić information content (AvgIpc) is 2.47. The van der Waals surface area contributed by atoms with Gasteiger partial charge in [0.15, 0.2) is 0 Å². The van der Waals surface area contributed by atoms with Crippen molar-refractivity contribution in [1.82, 2.24) is 0 Å². The van der Waals surface area contributed by atoms with Crippen molar-refractivity contribution >= 4 is 21.6 Å². The number of hydrogen-bond acceptors (Lipinski definition) is 4. The summed E-state index contributed by atoms with van der Waals surface area (Å²) in [7, 11) is -3.78. The van der Waals surface area contributed by atoms with Crippen LogP contribution in [0.5, 0.6) is 0 Å². The number of nitrogens with one attached hydrogen (secondary N) is 1. The highest BCUT2D eigenvalue weighted by Gasteiger charge is 2.32. The van der Waals surface area contributed by atoms with Crippen molar-refractivity contribution in [3.63, 3.8) is 0 Å². The molecule has 0 aliphatic heterocycles. The minimum atomic E-state index is -3.78. The Bertz CT molecular complexity index is 637. The number of amides is 1. The van der Waals surface area contributed by atoms with Crippen LogP contribution in [0.4, 0.5) is 5.69 Å². The van der Waals surface area contributed by atoms with Crippen molar-refractivity contribution < 1.29 is 13.2 Å². The second-order valence-corrected chi connectivity index (χ2v) is 7.62. The first-order chi connectivity index (χ1) is 10.3. The molecule has 7 heteroatoms. The molecule has 1 aromatic rings. The SMILES string of the molecule is NCC1(CC(=O)Nc2cccc(S(N)(=O)=O)c2)CCCCC1. The zero-order chi connectivity index (χ0) is 16.2. The molecule has 0 radical (unpaired) electrons. The van der Waals surface area contributed by atoms with Crippen LogP contribution < -0.4 is 16.2 Å². The van der Waals surface area contributed by atoms with Crippen molar-refractivity contribution in [3.8, 4) is 0 Å². The molecule has 1 fully saturated rings. The van der Waals surface area contributed by atoms with E-state index in [0.29, 0.717) is 18.7 Å². The lowest BCUT2D eigenvalue weighted by atomic mass is 9.71. The van der Waals surface area contributed by atoms with E-state index in [-0.39, 0.29) is 16.2 Å². The fourth-order valence-electron chi connectivity index (χ4n) is 3.05. The summed E-state index contributed by atoms with van der Waals surface area (Å²) in [6.07, 6.45) is 5.70. The Morgan fingerprint density at radius 1 is 1.23 bits per heavy atom. The molecule has 2 rings (SSSR count). The average molecular weight is 325 g/mol. The zero-order valence-electron chi connectivity index (χ0n) is 12.5. The van der Waals surface area contributed by atoms with Crippen LogP contribution >= 0.6 is 0 Å². The van der Waals surface area contributed by atoms with Gasteiger partial charge in [-0.3, -0.25) is 4.79 Å². The minimum absolute atomic E-state index is 0.0171. The number of primary sulfonamides is 1. The molecule has 0 heterocycles. The van der Waals surface area contributed by atoms with Crippen molar-refractivity contribution in [1.29, 1.82) is 0 Å². The number of anilines is 1. The first-order valence-corrected chi connectivity index (χ1v) is 9.02. The fraction of sp³-hybridized carbons (Fsp3) is 0.533. The Labute approximate surface area is 131 Å². The maximum absolute atomic E-state index is 12.3. The summed E-state index contributed by atoms with van der Waals surface area (Å²) >= 11 is 0. The first-order valence-electron chi connectivity index (χ1n) is 7.47. The molecule has 0 unspecified atom stereocenters. The number of rotatable bonds is 5. The number of carbonyl (C=O) groups is 1. The van der Waals surface area contributed by atoms with E-state index in [1.54, 1.807) is 12.1 Å². The summed E-state index contributed by atoms with van der Waals surface area (Å²) in [5.74, 6) is -0.140. The number of nitrogens with two attached hydrogens (primary N) is 2. The van der Waals surface area contributed by atoms with Crippen LogP contribution in [0.2, 0.25) is 0 Å². The molecule has 22 heavy (non-hydrogen) atoms. The van der Waals surface area contributed by atoms with E-state index in [1.807, 2.05) is 0 Å². The zero-order valence-corrected chi connectivity index (χ0v) is 13.4. The maximum atomic E-state index is 12.3. The van der Waals surface area contributed by atoms with Gasteiger partial charge in [-0.2, -0.15) is 0 Å². The molecule has 1 aromatic carbocycles. The molecule has 1 aliphatic carbocycles. The second-order valence-electron chi connectivity index (χ2n) is 6.06. The Balaban J connectivity index is 2.06. The molecule has 122 valence electrons. The Kier molecular flexibility index (Phi) is 5.20. The van der Waals surface area contributed by atoms with E-state index in [9.17, 15) is 13.2 Å². The fourth-order valence-corrected chi connectivity index (χ4v) is 3.61. The summed E-state index contributed by atoms with van der Waals surface area (Å²) in [4.78, 5) is 12.2. The summed E-state index contributed by atoms with van der Waals surface area (Å²) < 4.78 is 22.7. The summed E-state index contributed by atoms with van der Waals surface area (Å²) in [5, 5.41) is 7.84. The van der Waals surface area contributed by atoms with Crippen LogP contribution in [-0.4, -0.2) is 20.9 Å². The topological polar surface area (TPSA) is 115 Å². The van der Waals surface area contributed by atoms with Crippen LogP contribution in [0.1, 0.15) is 38.5 Å². The van der Waals surface area contributed by atoms with Gasteiger partial charge >= 0.3 is 0 Å². The molecule has 0 aromatic heterocycles. The van der Waals surface area contributed by atoms with Gasteiger partial charge in [0, 0.05) is 12.1 Å².